The molecule has 0 saturated heterocycles. The average molecular weight is 469 g/mol. The molecule has 0 spiro atoms. The maximum Gasteiger partial charge on any atom is 0.275 e. The Morgan fingerprint density at radius 1 is 1.26 bits per heavy atom. The maximum atomic E-state index is 14.4. The van der Waals surface area contributed by atoms with E-state index in [9.17, 15) is 18.7 Å². The zero-order valence-corrected chi connectivity index (χ0v) is 19.3. The molecule has 3 aromatic rings. The van der Waals surface area contributed by atoms with Crippen LogP contribution in [0, 0.1) is 17.0 Å². The second-order valence-electron chi connectivity index (χ2n) is 9.63. The average Bonchev–Trinajstić information content (AvgIpc) is 3.44. The molecule has 2 aliphatic rings. The third-order valence-corrected chi connectivity index (χ3v) is 7.87. The molecule has 1 fully saturated rings. The van der Waals surface area contributed by atoms with Gasteiger partial charge < -0.3 is 14.4 Å². The highest BCUT2D eigenvalue weighted by atomic mass is 19.1. The molecule has 5 rings (SSSR count). The number of carbonyl (C=O) groups excluding carboxylic acids is 1. The lowest BCUT2D eigenvalue weighted by Crippen LogP contribution is -2.48. The van der Waals surface area contributed by atoms with Crippen LogP contribution in [0.25, 0.3) is 11.3 Å². The first-order valence-electron chi connectivity index (χ1n) is 11.4. The number of aliphatic hydroxyl groups excluding tert-OH is 1. The molecule has 178 valence electrons. The number of likely N-dealkylation sites (N-methyl/N-ethyl adjacent to an activating group) is 1. The summed E-state index contributed by atoms with van der Waals surface area (Å²) in [5, 5.41) is 18.0. The van der Waals surface area contributed by atoms with Gasteiger partial charge in [-0.3, -0.25) is 4.79 Å². The van der Waals surface area contributed by atoms with Gasteiger partial charge in [-0.05, 0) is 54.9 Å². The summed E-state index contributed by atoms with van der Waals surface area (Å²) in [6.45, 7) is 6.69. The second-order valence-corrected chi connectivity index (χ2v) is 9.63. The highest BCUT2D eigenvalue weighted by molar-refractivity contribution is 5.92. The Morgan fingerprint density at radius 3 is 2.65 bits per heavy atom. The van der Waals surface area contributed by atoms with Crippen LogP contribution in [-0.4, -0.2) is 44.2 Å². The minimum Gasteiger partial charge on any atom is -0.446 e. The molecule has 1 N–H and O–H groups in total. The van der Waals surface area contributed by atoms with E-state index < -0.39 is 17.0 Å². The minimum atomic E-state index is -0.677. The number of rotatable bonds is 6. The zero-order chi connectivity index (χ0) is 24.3. The molecular weight excluding hydrogens is 442 g/mol. The Hall–Kier alpha value is -3.20. The van der Waals surface area contributed by atoms with E-state index in [1.807, 2.05) is 6.92 Å². The lowest BCUT2D eigenvalue weighted by Gasteiger charge is -2.41. The molecule has 9 heteroatoms. The number of nitrogens with zero attached hydrogens (tertiary/aromatic N) is 4. The highest BCUT2D eigenvalue weighted by Gasteiger charge is 2.64. The summed E-state index contributed by atoms with van der Waals surface area (Å²) in [7, 11) is 0. The Morgan fingerprint density at radius 2 is 2.00 bits per heavy atom. The van der Waals surface area contributed by atoms with E-state index in [0.29, 0.717) is 13.1 Å². The van der Waals surface area contributed by atoms with Crippen molar-refractivity contribution in [2.24, 2.45) is 5.41 Å². The van der Waals surface area contributed by atoms with Crippen molar-refractivity contribution in [3.63, 3.8) is 0 Å². The van der Waals surface area contributed by atoms with Gasteiger partial charge in [0.1, 0.15) is 24.5 Å². The quantitative estimate of drug-likeness (QED) is 0.582. The van der Waals surface area contributed by atoms with E-state index in [2.05, 4.69) is 29.0 Å². The predicted molar refractivity (Wildman–Crippen MR) is 119 cm³/mol. The van der Waals surface area contributed by atoms with Gasteiger partial charge in [0.05, 0.1) is 17.0 Å². The first-order valence-corrected chi connectivity index (χ1v) is 11.4. The van der Waals surface area contributed by atoms with Gasteiger partial charge in [-0.2, -0.15) is 10.2 Å². The van der Waals surface area contributed by atoms with E-state index in [4.69, 9.17) is 4.42 Å². The van der Waals surface area contributed by atoms with Crippen molar-refractivity contribution < 1.29 is 23.1 Å². The molecule has 2 bridgehead atoms. The number of hydrogen-bond donors (Lipinski definition) is 1. The number of fused-ring (bicyclic) bond motifs is 5. The molecular formula is C25H26F2N4O3. The van der Waals surface area contributed by atoms with Gasteiger partial charge in [0.15, 0.2) is 5.69 Å². The third-order valence-electron chi connectivity index (χ3n) is 7.87. The molecule has 0 aliphatic heterocycles. The molecule has 2 heterocycles. The van der Waals surface area contributed by atoms with Gasteiger partial charge in [-0.25, -0.2) is 13.8 Å². The summed E-state index contributed by atoms with van der Waals surface area (Å²) in [6.07, 6.45) is 2.97. The first kappa shape index (κ1) is 22.6. The van der Waals surface area contributed by atoms with Crippen LogP contribution < -0.4 is 0 Å². The number of amides is 1. The van der Waals surface area contributed by atoms with Gasteiger partial charge in [-0.1, -0.05) is 19.9 Å². The van der Waals surface area contributed by atoms with Crippen molar-refractivity contribution in [1.82, 2.24) is 20.1 Å². The van der Waals surface area contributed by atoms with Crippen molar-refractivity contribution >= 4 is 5.91 Å². The molecule has 2 aromatic heterocycles. The Labute approximate surface area is 195 Å². The molecule has 1 saturated carbocycles. The topological polar surface area (TPSA) is 92.4 Å². The molecule has 0 radical (unpaired) electrons. The number of hydrogen-bond acceptors (Lipinski definition) is 6. The number of benzene rings is 1. The van der Waals surface area contributed by atoms with E-state index in [0.717, 1.165) is 24.1 Å². The molecule has 1 aromatic carbocycles. The minimum absolute atomic E-state index is 0.0869. The fraction of sp³-hybridized carbons (Fsp3) is 0.440. The number of halogens is 2. The number of oxazole rings is 1. The molecule has 1 amide bonds. The second kappa shape index (κ2) is 7.94. The molecule has 2 aliphatic carbocycles. The fourth-order valence-corrected chi connectivity index (χ4v) is 5.94. The summed E-state index contributed by atoms with van der Waals surface area (Å²) < 4.78 is 34.0. The van der Waals surface area contributed by atoms with Crippen LogP contribution in [0.5, 0.6) is 0 Å². The molecule has 34 heavy (non-hydrogen) atoms. The molecule has 7 nitrogen and oxygen atoms in total. The molecule has 2 atom stereocenters. The largest absolute Gasteiger partial charge is 0.446 e. The van der Waals surface area contributed by atoms with Gasteiger partial charge >= 0.3 is 0 Å². The van der Waals surface area contributed by atoms with Gasteiger partial charge in [0.25, 0.3) is 5.91 Å². The van der Waals surface area contributed by atoms with Crippen molar-refractivity contribution in [2.75, 3.05) is 13.1 Å². The summed E-state index contributed by atoms with van der Waals surface area (Å²) in [5.41, 5.74) is 1.17. The van der Waals surface area contributed by atoms with E-state index in [1.165, 1.54) is 24.5 Å². The van der Waals surface area contributed by atoms with Gasteiger partial charge in [0.2, 0.25) is 5.89 Å². The summed E-state index contributed by atoms with van der Waals surface area (Å²) in [5.74, 6) is -1.42. The van der Waals surface area contributed by atoms with Crippen LogP contribution in [0.2, 0.25) is 0 Å². The van der Waals surface area contributed by atoms with E-state index >= 15 is 0 Å². The normalized spacial score (nSPS) is 22.1. The van der Waals surface area contributed by atoms with Crippen LogP contribution in [-0.2, 0) is 12.0 Å². The smallest absolute Gasteiger partial charge is 0.275 e. The van der Waals surface area contributed by atoms with Crippen LogP contribution in [0.3, 0.4) is 0 Å². The monoisotopic (exact) mass is 468 g/mol. The van der Waals surface area contributed by atoms with E-state index in [1.54, 1.807) is 11.0 Å². The standard InChI is InChI=1S/C25H26F2N4O3/c1-4-31(23(33)19-12-34-20(11-32)28-19)13-25-9-8-15(24(25,2)3)14-10-18(29-30-22(14)25)21-16(26)6-5-7-17(21)27/h5-7,10,12,15,32H,4,8-9,11,13H2,1-3H3/t15-,25-/m0/s1. The number of aliphatic hydroxyl groups is 1. The fourth-order valence-electron chi connectivity index (χ4n) is 5.94. The van der Waals surface area contributed by atoms with Crippen molar-refractivity contribution in [2.45, 2.75) is 51.6 Å². The van der Waals surface area contributed by atoms with Gasteiger partial charge in [-0.15, -0.1) is 0 Å². The SMILES string of the molecule is CCN(C[C@@]12CC[C@@H](c3cc(-c4c(F)cccc4F)nnc31)C2(C)C)C(=O)c1coc(CO)n1. The Balaban J connectivity index is 1.54. The van der Waals surface area contributed by atoms with Crippen LogP contribution in [0.15, 0.2) is 34.9 Å². The van der Waals surface area contributed by atoms with Crippen LogP contribution in [0.4, 0.5) is 8.78 Å². The van der Waals surface area contributed by atoms with Gasteiger partial charge in [0, 0.05) is 18.5 Å². The Kier molecular flexibility index (Phi) is 5.27. The first-order chi connectivity index (χ1) is 16.2. The maximum absolute atomic E-state index is 14.4. The number of carbonyl (C=O) groups is 1. The van der Waals surface area contributed by atoms with E-state index in [-0.39, 0.29) is 46.7 Å². The third kappa shape index (κ3) is 3.10. The predicted octanol–water partition coefficient (Wildman–Crippen LogP) is 4.22. The lowest BCUT2D eigenvalue weighted by atomic mass is 9.68. The summed E-state index contributed by atoms with van der Waals surface area (Å²) in [6, 6.07) is 5.51. The highest BCUT2D eigenvalue weighted by Crippen LogP contribution is 2.67. The molecule has 0 unspecified atom stereocenters. The summed E-state index contributed by atoms with van der Waals surface area (Å²) in [4.78, 5) is 19.0. The lowest BCUT2D eigenvalue weighted by molar-refractivity contribution is 0.0646. The number of aromatic nitrogens is 3. The van der Waals surface area contributed by atoms with Crippen molar-refractivity contribution in [1.29, 1.82) is 0 Å². The van der Waals surface area contributed by atoms with Crippen molar-refractivity contribution in [3.8, 4) is 11.3 Å². The van der Waals surface area contributed by atoms with Crippen LogP contribution >= 0.6 is 0 Å². The van der Waals surface area contributed by atoms with Crippen LogP contribution in [0.1, 0.15) is 67.2 Å². The zero-order valence-electron chi connectivity index (χ0n) is 19.3. The Bertz CT molecular complexity index is 1250. The summed E-state index contributed by atoms with van der Waals surface area (Å²) >= 11 is 0. The van der Waals surface area contributed by atoms with Crippen molar-refractivity contribution in [3.05, 3.63) is 65.0 Å².